The first-order valence-corrected chi connectivity index (χ1v) is 8.03. The van der Waals surface area contributed by atoms with Gasteiger partial charge in [0.2, 0.25) is 5.91 Å². The van der Waals surface area contributed by atoms with Crippen molar-refractivity contribution in [3.8, 4) is 0 Å². The van der Waals surface area contributed by atoms with Crippen LogP contribution in [0.25, 0.3) is 0 Å². The van der Waals surface area contributed by atoms with Gasteiger partial charge in [0.1, 0.15) is 0 Å². The molecule has 1 aromatic rings. The van der Waals surface area contributed by atoms with E-state index in [4.69, 9.17) is 0 Å². The van der Waals surface area contributed by atoms with Crippen LogP contribution in [0.4, 0.5) is 0 Å². The highest BCUT2D eigenvalue weighted by molar-refractivity contribution is 5.78. The smallest absolute Gasteiger partial charge is 0.234 e. The van der Waals surface area contributed by atoms with Crippen molar-refractivity contribution in [1.29, 1.82) is 0 Å². The summed E-state index contributed by atoms with van der Waals surface area (Å²) in [6, 6.07) is 10.8. The van der Waals surface area contributed by atoms with Crippen molar-refractivity contribution in [3.05, 3.63) is 35.9 Å². The summed E-state index contributed by atoms with van der Waals surface area (Å²) in [4.78, 5) is 14.5. The van der Waals surface area contributed by atoms with Gasteiger partial charge in [-0.05, 0) is 44.2 Å². The zero-order valence-electron chi connectivity index (χ0n) is 13.7. The highest BCUT2D eigenvalue weighted by Gasteiger charge is 2.31. The van der Waals surface area contributed by atoms with Crippen LogP contribution in [0.1, 0.15) is 45.2 Å². The molecule has 1 fully saturated rings. The number of carbonyl (C=O) groups is 1. The average Bonchev–Trinajstić information content (AvgIpc) is 3.29. The van der Waals surface area contributed by atoms with Crippen LogP contribution in [-0.2, 0) is 4.79 Å². The summed E-state index contributed by atoms with van der Waals surface area (Å²) in [6.45, 7) is 7.00. The Hall–Kier alpha value is -1.35. The van der Waals surface area contributed by atoms with Gasteiger partial charge in [0.15, 0.2) is 0 Å². The van der Waals surface area contributed by atoms with E-state index in [0.717, 1.165) is 5.92 Å². The van der Waals surface area contributed by atoms with E-state index in [-0.39, 0.29) is 11.9 Å². The van der Waals surface area contributed by atoms with Gasteiger partial charge in [-0.15, -0.1) is 0 Å². The highest BCUT2D eigenvalue weighted by atomic mass is 16.2. The number of hydrogen-bond acceptors (Lipinski definition) is 2. The van der Waals surface area contributed by atoms with E-state index in [1.165, 1.54) is 18.4 Å². The summed E-state index contributed by atoms with van der Waals surface area (Å²) < 4.78 is 0. The number of rotatable bonds is 7. The van der Waals surface area contributed by atoms with Crippen LogP contribution in [0.2, 0.25) is 0 Å². The molecule has 0 heterocycles. The largest absolute Gasteiger partial charge is 0.348 e. The molecular weight excluding hydrogens is 260 g/mol. The van der Waals surface area contributed by atoms with Crippen LogP contribution in [0.5, 0.6) is 0 Å². The van der Waals surface area contributed by atoms with Crippen molar-refractivity contribution in [2.24, 2.45) is 11.8 Å². The molecule has 0 radical (unpaired) electrons. The summed E-state index contributed by atoms with van der Waals surface area (Å²) in [5, 5.41) is 3.20. The maximum atomic E-state index is 12.3. The highest BCUT2D eigenvalue weighted by Crippen LogP contribution is 2.34. The predicted molar refractivity (Wildman–Crippen MR) is 87.0 cm³/mol. The first-order valence-electron chi connectivity index (χ1n) is 8.03. The van der Waals surface area contributed by atoms with Crippen molar-refractivity contribution < 1.29 is 4.79 Å². The zero-order valence-corrected chi connectivity index (χ0v) is 13.7. The number of hydrogen-bond donors (Lipinski definition) is 1. The SMILES string of the molecule is CC(C)C(NC(=O)CN(C)C(C)C1CC1)c1ccccc1. The lowest BCUT2D eigenvalue weighted by Crippen LogP contribution is -2.42. The summed E-state index contributed by atoms with van der Waals surface area (Å²) >= 11 is 0. The van der Waals surface area contributed by atoms with Crippen molar-refractivity contribution in [1.82, 2.24) is 10.2 Å². The van der Waals surface area contributed by atoms with Crippen molar-refractivity contribution >= 4 is 5.91 Å². The second kappa shape index (κ2) is 7.08. The third-order valence-corrected chi connectivity index (χ3v) is 4.53. The van der Waals surface area contributed by atoms with Gasteiger partial charge in [-0.25, -0.2) is 0 Å². The molecule has 2 rings (SSSR count). The third-order valence-electron chi connectivity index (χ3n) is 4.53. The number of likely N-dealkylation sites (N-methyl/N-ethyl adjacent to an activating group) is 1. The van der Waals surface area contributed by atoms with Gasteiger partial charge in [0.05, 0.1) is 12.6 Å². The first-order chi connectivity index (χ1) is 9.99. The molecule has 1 amide bonds. The molecule has 116 valence electrons. The molecule has 2 unspecified atom stereocenters. The van der Waals surface area contributed by atoms with Crippen LogP contribution < -0.4 is 5.32 Å². The number of amides is 1. The van der Waals surface area contributed by atoms with E-state index >= 15 is 0 Å². The monoisotopic (exact) mass is 288 g/mol. The molecule has 0 bridgehead atoms. The Morgan fingerprint density at radius 2 is 1.86 bits per heavy atom. The van der Waals surface area contributed by atoms with Gasteiger partial charge in [-0.2, -0.15) is 0 Å². The normalized spacial score (nSPS) is 17.8. The molecule has 0 aliphatic heterocycles. The Kier molecular flexibility index (Phi) is 5.40. The summed E-state index contributed by atoms with van der Waals surface area (Å²) in [5.74, 6) is 1.29. The molecule has 1 aliphatic rings. The molecule has 0 saturated heterocycles. The van der Waals surface area contributed by atoms with Gasteiger partial charge >= 0.3 is 0 Å². The predicted octanol–water partition coefficient (Wildman–Crippen LogP) is 3.23. The minimum absolute atomic E-state index is 0.0864. The maximum absolute atomic E-state index is 12.3. The first kappa shape index (κ1) is 16.0. The Bertz CT molecular complexity index is 454. The molecule has 1 saturated carbocycles. The van der Waals surface area contributed by atoms with Crippen LogP contribution in [0, 0.1) is 11.8 Å². The van der Waals surface area contributed by atoms with Crippen LogP contribution in [0.15, 0.2) is 30.3 Å². The second-order valence-corrected chi connectivity index (χ2v) is 6.69. The number of nitrogens with zero attached hydrogens (tertiary/aromatic N) is 1. The standard InChI is InChI=1S/C18H28N2O/c1-13(2)18(16-8-6-5-7-9-16)19-17(21)12-20(4)14(3)15-10-11-15/h5-9,13-15,18H,10-12H2,1-4H3,(H,19,21). The topological polar surface area (TPSA) is 32.3 Å². The molecule has 1 aliphatic carbocycles. The van der Waals surface area contributed by atoms with Crippen LogP contribution >= 0.6 is 0 Å². The van der Waals surface area contributed by atoms with Crippen LogP contribution in [0.3, 0.4) is 0 Å². The Morgan fingerprint density at radius 3 is 2.38 bits per heavy atom. The third kappa shape index (κ3) is 4.57. The molecule has 0 spiro atoms. The molecule has 3 nitrogen and oxygen atoms in total. The lowest BCUT2D eigenvalue weighted by molar-refractivity contribution is -0.123. The molecule has 21 heavy (non-hydrogen) atoms. The Labute approximate surface area is 128 Å². The summed E-state index contributed by atoms with van der Waals surface area (Å²) in [6.07, 6.45) is 2.62. The lowest BCUT2D eigenvalue weighted by Gasteiger charge is -2.27. The lowest BCUT2D eigenvalue weighted by atomic mass is 9.96. The van der Waals surface area contributed by atoms with Crippen molar-refractivity contribution in [3.63, 3.8) is 0 Å². The molecule has 0 aromatic heterocycles. The average molecular weight is 288 g/mol. The van der Waals surface area contributed by atoms with Crippen molar-refractivity contribution in [2.75, 3.05) is 13.6 Å². The fourth-order valence-electron chi connectivity index (χ4n) is 2.82. The van der Waals surface area contributed by atoms with E-state index in [1.807, 2.05) is 18.2 Å². The molecule has 1 aromatic carbocycles. The van der Waals surface area contributed by atoms with Gasteiger partial charge < -0.3 is 5.32 Å². The maximum Gasteiger partial charge on any atom is 0.234 e. The second-order valence-electron chi connectivity index (χ2n) is 6.69. The fraction of sp³-hybridized carbons (Fsp3) is 0.611. The molecule has 3 heteroatoms. The van der Waals surface area contributed by atoms with E-state index < -0.39 is 0 Å². The number of nitrogens with one attached hydrogen (secondary N) is 1. The fourth-order valence-corrected chi connectivity index (χ4v) is 2.82. The number of benzene rings is 1. The quantitative estimate of drug-likeness (QED) is 0.835. The van der Waals surface area contributed by atoms with Gasteiger partial charge in [0.25, 0.3) is 0 Å². The van der Waals surface area contributed by atoms with E-state index in [0.29, 0.717) is 18.5 Å². The minimum atomic E-state index is 0.0864. The summed E-state index contributed by atoms with van der Waals surface area (Å²) in [5.41, 5.74) is 1.18. The Morgan fingerprint density at radius 1 is 1.24 bits per heavy atom. The minimum Gasteiger partial charge on any atom is -0.348 e. The molecule has 1 N–H and O–H groups in total. The van der Waals surface area contributed by atoms with Gasteiger partial charge in [0, 0.05) is 6.04 Å². The van der Waals surface area contributed by atoms with Crippen LogP contribution in [-0.4, -0.2) is 30.4 Å². The Balaban J connectivity index is 1.92. The van der Waals surface area contributed by atoms with Gasteiger partial charge in [-0.1, -0.05) is 44.2 Å². The van der Waals surface area contributed by atoms with E-state index in [2.05, 4.69) is 50.2 Å². The number of carbonyl (C=O) groups excluding carboxylic acids is 1. The molecule has 2 atom stereocenters. The summed E-state index contributed by atoms with van der Waals surface area (Å²) in [7, 11) is 2.05. The molecular formula is C18H28N2O. The van der Waals surface area contributed by atoms with E-state index in [1.54, 1.807) is 0 Å². The van der Waals surface area contributed by atoms with Crippen molar-refractivity contribution in [2.45, 2.75) is 45.7 Å². The van der Waals surface area contributed by atoms with Gasteiger partial charge in [-0.3, -0.25) is 9.69 Å². The zero-order chi connectivity index (χ0) is 15.4. The van der Waals surface area contributed by atoms with E-state index in [9.17, 15) is 4.79 Å².